The van der Waals surface area contributed by atoms with Crippen LogP contribution in [0.4, 0.5) is 4.39 Å². The molecule has 9 heteroatoms. The molecule has 1 atom stereocenters. The van der Waals surface area contributed by atoms with E-state index in [0.29, 0.717) is 55.5 Å². The molecule has 1 aliphatic rings. The Balaban J connectivity index is 1.71. The van der Waals surface area contributed by atoms with Crippen molar-refractivity contribution in [2.45, 2.75) is 46.1 Å². The van der Waals surface area contributed by atoms with Crippen LogP contribution in [0.1, 0.15) is 55.5 Å². The quantitative estimate of drug-likeness (QED) is 0.331. The Kier molecular flexibility index (Phi) is 12.1. The van der Waals surface area contributed by atoms with Gasteiger partial charge in [-0.2, -0.15) is 0 Å². The highest BCUT2D eigenvalue weighted by Crippen LogP contribution is 2.38. The van der Waals surface area contributed by atoms with Crippen molar-refractivity contribution >= 4 is 11.8 Å². The lowest BCUT2D eigenvalue weighted by Crippen LogP contribution is -2.51. The van der Waals surface area contributed by atoms with Gasteiger partial charge in [-0.15, -0.1) is 0 Å². The molecule has 0 spiro atoms. The number of ether oxygens (including phenoxy) is 3. The van der Waals surface area contributed by atoms with Gasteiger partial charge in [0.2, 0.25) is 11.7 Å². The first-order chi connectivity index (χ1) is 19.3. The number of rotatable bonds is 14. The Morgan fingerprint density at radius 1 is 0.950 bits per heavy atom. The highest BCUT2D eigenvalue weighted by Gasteiger charge is 2.27. The maximum atomic E-state index is 13.8. The van der Waals surface area contributed by atoms with Gasteiger partial charge in [0.1, 0.15) is 5.82 Å². The number of carbonyl (C=O) groups excluding carboxylic acids is 2. The molecule has 0 aliphatic carbocycles. The maximum Gasteiger partial charge on any atom is 0.254 e. The van der Waals surface area contributed by atoms with Crippen LogP contribution >= 0.6 is 0 Å². The second-order valence-electron chi connectivity index (χ2n) is 10.2. The van der Waals surface area contributed by atoms with Gasteiger partial charge < -0.3 is 24.0 Å². The molecule has 3 rings (SSSR count). The van der Waals surface area contributed by atoms with Gasteiger partial charge >= 0.3 is 0 Å². The molecule has 1 heterocycles. The highest BCUT2D eigenvalue weighted by atomic mass is 19.1. The normalized spacial score (nSPS) is 14.5. The summed E-state index contributed by atoms with van der Waals surface area (Å²) in [6, 6.07) is 9.48. The molecule has 0 aromatic heterocycles. The Morgan fingerprint density at radius 2 is 1.57 bits per heavy atom. The van der Waals surface area contributed by atoms with Crippen LogP contribution in [-0.4, -0.2) is 87.1 Å². The van der Waals surface area contributed by atoms with Gasteiger partial charge in [-0.1, -0.05) is 38.8 Å². The van der Waals surface area contributed by atoms with E-state index in [0.717, 1.165) is 44.3 Å². The summed E-state index contributed by atoms with van der Waals surface area (Å²) in [5.41, 5.74) is 1.24. The Labute approximate surface area is 238 Å². The third-order valence-corrected chi connectivity index (χ3v) is 7.60. The number of hydrogen-bond acceptors (Lipinski definition) is 6. The smallest absolute Gasteiger partial charge is 0.254 e. The molecule has 40 heavy (non-hydrogen) atoms. The van der Waals surface area contributed by atoms with Crippen molar-refractivity contribution in [3.05, 3.63) is 53.3 Å². The van der Waals surface area contributed by atoms with Crippen LogP contribution in [0.15, 0.2) is 36.4 Å². The number of methoxy groups -OCH3 is 3. The zero-order chi connectivity index (χ0) is 29.1. The van der Waals surface area contributed by atoms with Crippen molar-refractivity contribution in [1.82, 2.24) is 14.7 Å². The highest BCUT2D eigenvalue weighted by molar-refractivity contribution is 5.95. The van der Waals surface area contributed by atoms with Gasteiger partial charge in [-0.3, -0.25) is 14.5 Å². The fourth-order valence-corrected chi connectivity index (χ4v) is 5.11. The maximum absolute atomic E-state index is 13.8. The number of amides is 2. The van der Waals surface area contributed by atoms with Gasteiger partial charge in [0, 0.05) is 57.3 Å². The zero-order valence-corrected chi connectivity index (χ0v) is 24.6. The van der Waals surface area contributed by atoms with Crippen LogP contribution in [0.5, 0.6) is 17.2 Å². The van der Waals surface area contributed by atoms with Gasteiger partial charge in [-0.25, -0.2) is 4.39 Å². The first-order valence-corrected chi connectivity index (χ1v) is 14.2. The van der Waals surface area contributed by atoms with Gasteiger partial charge in [0.05, 0.1) is 21.3 Å². The van der Waals surface area contributed by atoms with Crippen molar-refractivity contribution in [2.24, 2.45) is 5.92 Å². The van der Waals surface area contributed by atoms with E-state index in [1.54, 1.807) is 29.2 Å². The average Bonchev–Trinajstić information content (AvgIpc) is 2.99. The molecule has 0 radical (unpaired) electrons. The van der Waals surface area contributed by atoms with E-state index in [4.69, 9.17) is 14.2 Å². The third kappa shape index (κ3) is 8.10. The standard InChI is InChI=1S/C31H44FN3O5/c1-6-8-9-24(7-2)30(36)34-17-14-33(15-18-34)16-19-35(22-23-10-12-26(32)13-11-23)31(37)25-20-27(38-3)29(40-5)28(21-25)39-4/h10-13,20-21,24H,6-9,14-19,22H2,1-5H3. The summed E-state index contributed by atoms with van der Waals surface area (Å²) in [5, 5.41) is 0. The number of piperazine rings is 1. The van der Waals surface area contributed by atoms with Crippen LogP contribution in [0.25, 0.3) is 0 Å². The zero-order valence-electron chi connectivity index (χ0n) is 24.6. The van der Waals surface area contributed by atoms with Crippen molar-refractivity contribution in [3.8, 4) is 17.2 Å². The molecule has 2 aromatic carbocycles. The lowest BCUT2D eigenvalue weighted by atomic mass is 9.97. The minimum atomic E-state index is -0.321. The Hall–Kier alpha value is -3.33. The van der Waals surface area contributed by atoms with Crippen LogP contribution in [0.2, 0.25) is 0 Å². The second kappa shape index (κ2) is 15.5. The minimum absolute atomic E-state index is 0.105. The number of benzene rings is 2. The molecule has 0 saturated carbocycles. The Bertz CT molecular complexity index is 1080. The number of carbonyl (C=O) groups is 2. The molecule has 2 amide bonds. The van der Waals surface area contributed by atoms with Crippen molar-refractivity contribution in [2.75, 3.05) is 60.6 Å². The summed E-state index contributed by atoms with van der Waals surface area (Å²) < 4.78 is 29.9. The topological polar surface area (TPSA) is 71.6 Å². The first kappa shape index (κ1) is 31.2. The summed E-state index contributed by atoms with van der Waals surface area (Å²) in [6.45, 7) is 8.61. The molecular weight excluding hydrogens is 513 g/mol. The molecule has 1 aliphatic heterocycles. The molecule has 0 bridgehead atoms. The molecule has 1 saturated heterocycles. The lowest BCUT2D eigenvalue weighted by Gasteiger charge is -2.37. The summed E-state index contributed by atoms with van der Waals surface area (Å²) >= 11 is 0. The average molecular weight is 558 g/mol. The molecular formula is C31H44FN3O5. The summed E-state index contributed by atoms with van der Waals surface area (Å²) in [4.78, 5) is 32.9. The van der Waals surface area contributed by atoms with E-state index in [2.05, 4.69) is 18.7 Å². The van der Waals surface area contributed by atoms with Crippen LogP contribution in [-0.2, 0) is 11.3 Å². The van der Waals surface area contributed by atoms with Crippen molar-refractivity contribution in [1.29, 1.82) is 0 Å². The molecule has 1 unspecified atom stereocenters. The van der Waals surface area contributed by atoms with E-state index in [9.17, 15) is 14.0 Å². The van der Waals surface area contributed by atoms with Gasteiger partial charge in [0.15, 0.2) is 11.5 Å². The lowest BCUT2D eigenvalue weighted by molar-refractivity contribution is -0.137. The molecule has 220 valence electrons. The first-order valence-electron chi connectivity index (χ1n) is 14.2. The van der Waals surface area contributed by atoms with Crippen LogP contribution < -0.4 is 14.2 Å². The van der Waals surface area contributed by atoms with E-state index in [1.165, 1.54) is 33.5 Å². The number of halogens is 1. The third-order valence-electron chi connectivity index (χ3n) is 7.60. The van der Waals surface area contributed by atoms with Crippen LogP contribution in [0, 0.1) is 11.7 Å². The van der Waals surface area contributed by atoms with Crippen LogP contribution in [0.3, 0.4) is 0 Å². The fourth-order valence-electron chi connectivity index (χ4n) is 5.11. The number of hydrogen-bond donors (Lipinski definition) is 0. The predicted molar refractivity (Wildman–Crippen MR) is 154 cm³/mol. The van der Waals surface area contributed by atoms with Gasteiger partial charge in [0.25, 0.3) is 5.91 Å². The van der Waals surface area contributed by atoms with E-state index < -0.39 is 0 Å². The second-order valence-corrected chi connectivity index (χ2v) is 10.2. The molecule has 1 fully saturated rings. The van der Waals surface area contributed by atoms with E-state index in [1.807, 2.05) is 4.90 Å². The molecule has 0 N–H and O–H groups in total. The summed E-state index contributed by atoms with van der Waals surface area (Å²) in [7, 11) is 4.54. The minimum Gasteiger partial charge on any atom is -0.493 e. The molecule has 2 aromatic rings. The molecule has 8 nitrogen and oxygen atoms in total. The fraction of sp³-hybridized carbons (Fsp3) is 0.548. The number of unbranched alkanes of at least 4 members (excludes halogenated alkanes) is 1. The van der Waals surface area contributed by atoms with E-state index >= 15 is 0 Å². The van der Waals surface area contributed by atoms with Gasteiger partial charge in [-0.05, 0) is 42.7 Å². The largest absolute Gasteiger partial charge is 0.493 e. The SMILES string of the molecule is CCCCC(CC)C(=O)N1CCN(CCN(Cc2ccc(F)cc2)C(=O)c2cc(OC)c(OC)c(OC)c2)CC1. The summed E-state index contributed by atoms with van der Waals surface area (Å²) in [5.74, 6) is 1.07. The summed E-state index contributed by atoms with van der Waals surface area (Å²) in [6.07, 6.45) is 4.00. The monoisotopic (exact) mass is 557 g/mol. The Morgan fingerprint density at radius 3 is 2.10 bits per heavy atom. The predicted octanol–water partition coefficient (Wildman–Crippen LogP) is 4.85. The van der Waals surface area contributed by atoms with Crippen molar-refractivity contribution < 1.29 is 28.2 Å². The van der Waals surface area contributed by atoms with E-state index in [-0.39, 0.29) is 23.5 Å². The van der Waals surface area contributed by atoms with Crippen molar-refractivity contribution in [3.63, 3.8) is 0 Å². The number of nitrogens with zero attached hydrogens (tertiary/aromatic N) is 3.